The average Bonchev–Trinajstić information content (AvgIpc) is 3.39. The molecule has 7 rings (SSSR count). The zero-order valence-corrected chi connectivity index (χ0v) is 42.7. The van der Waals surface area contributed by atoms with Crippen LogP contribution in [-0.2, 0) is 29.0 Å². The molecule has 378 valence electrons. The number of amides is 6. The number of fused-ring (bicyclic) bond motifs is 2. The third kappa shape index (κ3) is 16.1. The van der Waals surface area contributed by atoms with Crippen molar-refractivity contribution >= 4 is 35.3 Å². The van der Waals surface area contributed by atoms with Crippen molar-refractivity contribution in [3.8, 4) is 11.5 Å². The molecule has 2 fully saturated rings. The molecule has 3 heterocycles. The van der Waals surface area contributed by atoms with E-state index in [1.807, 2.05) is 91.6 Å². The van der Waals surface area contributed by atoms with Gasteiger partial charge in [0.25, 0.3) is 0 Å². The van der Waals surface area contributed by atoms with Crippen LogP contribution in [0.4, 0.5) is 21.0 Å². The van der Waals surface area contributed by atoms with Crippen LogP contribution in [0.15, 0.2) is 60.9 Å². The Kier molecular flexibility index (Phi) is 19.9. The number of urea groups is 2. The van der Waals surface area contributed by atoms with Gasteiger partial charge in [0.15, 0.2) is 0 Å². The first kappa shape index (κ1) is 53.0. The Morgan fingerprint density at radius 2 is 1.13 bits per heavy atom. The summed E-state index contributed by atoms with van der Waals surface area (Å²) in [5, 5.41) is 15.3. The molecular formula is C54H81N9O6. The second-order valence-corrected chi connectivity index (χ2v) is 20.5. The van der Waals surface area contributed by atoms with Crippen molar-refractivity contribution in [1.82, 2.24) is 35.6 Å². The van der Waals surface area contributed by atoms with E-state index in [1.165, 1.54) is 31.2 Å². The third-order valence-electron chi connectivity index (χ3n) is 14.0. The lowest BCUT2D eigenvalue weighted by Gasteiger charge is -2.33. The molecule has 5 N–H and O–H groups in total. The van der Waals surface area contributed by atoms with Gasteiger partial charge in [-0.25, -0.2) is 9.59 Å². The van der Waals surface area contributed by atoms with Gasteiger partial charge in [0.05, 0.1) is 12.8 Å². The summed E-state index contributed by atoms with van der Waals surface area (Å²) >= 11 is 0. The maximum atomic E-state index is 13.4. The summed E-state index contributed by atoms with van der Waals surface area (Å²) in [5.74, 6) is 1.89. The number of pyridine rings is 1. The first-order valence-electron chi connectivity index (χ1n) is 25.7. The summed E-state index contributed by atoms with van der Waals surface area (Å²) in [5.41, 5.74) is 4.15. The number of nitrogens with zero attached hydrogens (tertiary/aromatic N) is 4. The van der Waals surface area contributed by atoms with E-state index in [4.69, 9.17) is 9.47 Å². The molecule has 0 bridgehead atoms. The highest BCUT2D eigenvalue weighted by Gasteiger charge is 2.32. The number of rotatable bonds is 12. The number of ether oxygens (including phenoxy) is 2. The normalized spacial score (nSPS) is 21.7. The molecule has 1 aromatic heterocycles. The van der Waals surface area contributed by atoms with E-state index < -0.39 is 0 Å². The SMILES string of the molecule is CC(C)N1C[C@@H](C)[C@H](CN(C)Cc2ccncc2)Oc2ccc(NC(=O)NC3CCCCC3)cc2CC1=O.CNC[C@@H]1Oc2ccc(NC(=O)NC3CCCCC3)cc2CC(=O)N(C(C)C)C[C@H]1C. The molecule has 2 aliphatic carbocycles. The van der Waals surface area contributed by atoms with E-state index in [1.54, 1.807) is 0 Å². The smallest absolute Gasteiger partial charge is 0.319 e. The van der Waals surface area contributed by atoms with Gasteiger partial charge in [0.2, 0.25) is 11.8 Å². The molecule has 0 saturated heterocycles. The van der Waals surface area contributed by atoms with E-state index in [9.17, 15) is 19.2 Å². The molecule has 3 aromatic rings. The van der Waals surface area contributed by atoms with E-state index in [2.05, 4.69) is 71.2 Å². The van der Waals surface area contributed by atoms with Gasteiger partial charge in [-0.2, -0.15) is 0 Å². The fourth-order valence-electron chi connectivity index (χ4n) is 10.00. The van der Waals surface area contributed by atoms with Crippen LogP contribution in [-0.4, -0.2) is 120 Å². The molecule has 2 aromatic carbocycles. The minimum atomic E-state index is -0.194. The number of carbonyl (C=O) groups is 4. The van der Waals surface area contributed by atoms with Gasteiger partial charge in [-0.1, -0.05) is 52.4 Å². The first-order valence-corrected chi connectivity index (χ1v) is 25.7. The minimum absolute atomic E-state index is 0.0516. The van der Waals surface area contributed by atoms with Crippen LogP contribution in [0.3, 0.4) is 0 Å². The Labute approximate surface area is 411 Å². The van der Waals surface area contributed by atoms with Gasteiger partial charge >= 0.3 is 12.1 Å². The van der Waals surface area contributed by atoms with Crippen molar-refractivity contribution in [3.63, 3.8) is 0 Å². The molecule has 0 radical (unpaired) electrons. The summed E-state index contributed by atoms with van der Waals surface area (Å²) in [6, 6.07) is 15.6. The number of anilines is 2. The van der Waals surface area contributed by atoms with Gasteiger partial charge in [0, 0.05) is 104 Å². The molecule has 6 amide bonds. The van der Waals surface area contributed by atoms with Gasteiger partial charge in [-0.3, -0.25) is 19.5 Å². The number of aromatic nitrogens is 1. The second-order valence-electron chi connectivity index (χ2n) is 20.5. The predicted molar refractivity (Wildman–Crippen MR) is 274 cm³/mol. The van der Waals surface area contributed by atoms with Crippen molar-refractivity contribution in [2.24, 2.45) is 11.8 Å². The quantitative estimate of drug-likeness (QED) is 0.120. The van der Waals surface area contributed by atoms with Crippen LogP contribution in [0.1, 0.15) is 122 Å². The fourth-order valence-corrected chi connectivity index (χ4v) is 10.00. The topological polar surface area (TPSA) is 170 Å². The summed E-state index contributed by atoms with van der Waals surface area (Å²) in [6.07, 6.45) is 15.2. The van der Waals surface area contributed by atoms with Gasteiger partial charge in [-0.15, -0.1) is 0 Å². The Morgan fingerprint density at radius 1 is 0.681 bits per heavy atom. The van der Waals surface area contributed by atoms with Crippen LogP contribution in [0.2, 0.25) is 0 Å². The van der Waals surface area contributed by atoms with Crippen molar-refractivity contribution in [3.05, 3.63) is 77.6 Å². The molecule has 4 atom stereocenters. The molecular weight excluding hydrogens is 871 g/mol. The van der Waals surface area contributed by atoms with E-state index in [0.29, 0.717) is 49.1 Å². The lowest BCUT2D eigenvalue weighted by molar-refractivity contribution is -0.133. The molecule has 2 saturated carbocycles. The largest absolute Gasteiger partial charge is 0.488 e. The van der Waals surface area contributed by atoms with Gasteiger partial charge in [-0.05, 0) is 122 Å². The van der Waals surface area contributed by atoms with Crippen molar-refractivity contribution in [2.45, 2.75) is 162 Å². The Bertz CT molecular complexity index is 2130. The first-order chi connectivity index (χ1) is 33.1. The van der Waals surface area contributed by atoms with E-state index in [0.717, 1.165) is 56.2 Å². The lowest BCUT2D eigenvalue weighted by atomic mass is 9.96. The zero-order chi connectivity index (χ0) is 49.5. The van der Waals surface area contributed by atoms with Crippen LogP contribution >= 0.6 is 0 Å². The van der Waals surface area contributed by atoms with Crippen LogP contribution in [0.25, 0.3) is 0 Å². The summed E-state index contributed by atoms with van der Waals surface area (Å²) in [7, 11) is 4.00. The molecule has 4 aliphatic rings. The van der Waals surface area contributed by atoms with Gasteiger partial charge in [0.1, 0.15) is 23.7 Å². The highest BCUT2D eigenvalue weighted by molar-refractivity contribution is 5.91. The summed E-state index contributed by atoms with van der Waals surface area (Å²) < 4.78 is 13.0. The highest BCUT2D eigenvalue weighted by Crippen LogP contribution is 2.31. The maximum Gasteiger partial charge on any atom is 0.319 e. The van der Waals surface area contributed by atoms with Crippen LogP contribution < -0.4 is 36.1 Å². The van der Waals surface area contributed by atoms with Crippen molar-refractivity contribution < 1.29 is 28.7 Å². The van der Waals surface area contributed by atoms with Crippen LogP contribution in [0, 0.1) is 11.8 Å². The van der Waals surface area contributed by atoms with E-state index in [-0.39, 0.29) is 84.9 Å². The number of nitrogens with one attached hydrogen (secondary N) is 5. The van der Waals surface area contributed by atoms with Crippen LogP contribution in [0.5, 0.6) is 11.5 Å². The zero-order valence-electron chi connectivity index (χ0n) is 42.7. The molecule has 0 unspecified atom stereocenters. The molecule has 0 spiro atoms. The predicted octanol–water partition coefficient (Wildman–Crippen LogP) is 8.38. The fraction of sp³-hybridized carbons (Fsp3) is 0.611. The highest BCUT2D eigenvalue weighted by atomic mass is 16.5. The number of carbonyl (C=O) groups excluding carboxylic acids is 4. The molecule has 15 heteroatoms. The molecule has 2 aliphatic heterocycles. The van der Waals surface area contributed by atoms with E-state index >= 15 is 0 Å². The molecule has 15 nitrogen and oxygen atoms in total. The Morgan fingerprint density at radius 3 is 1.58 bits per heavy atom. The average molecular weight is 952 g/mol. The number of hydrogen-bond donors (Lipinski definition) is 5. The summed E-state index contributed by atoms with van der Waals surface area (Å²) in [6.45, 7) is 16.0. The Balaban J connectivity index is 0.000000232. The van der Waals surface area contributed by atoms with Gasteiger partial charge < -0.3 is 45.9 Å². The summed E-state index contributed by atoms with van der Waals surface area (Å²) in [4.78, 5) is 61.9. The van der Waals surface area contributed by atoms with Crippen molar-refractivity contribution in [2.75, 3.05) is 50.9 Å². The number of likely N-dealkylation sites (N-methyl/N-ethyl adjacent to an activating group) is 2. The number of benzene rings is 2. The standard InChI is InChI=1S/C30H43N5O3.C24H38N4O3/c1-21(2)35-18-22(3)28(20-34(4)19-23-12-14-31-15-13-23)38-27-11-10-26(16-24(27)17-29(35)36)33-30(37)32-25-8-6-5-7-9-25;1-16(2)28-15-17(3)22(14-25-4)31-21-11-10-20(12-18(21)13-23(28)29)27-24(30)26-19-8-6-5-7-9-19/h10-16,21-22,25,28H,5-9,17-20H2,1-4H3,(H2,32,33,37);10-12,16-17,19,22,25H,5-9,13-15H2,1-4H3,(H2,26,27,30)/t22-,28+;17-,22+/m11/s1. The minimum Gasteiger partial charge on any atom is -0.488 e. The monoisotopic (exact) mass is 952 g/mol. The maximum absolute atomic E-state index is 13.4. The number of hydrogen-bond acceptors (Lipinski definition) is 9. The molecule has 69 heavy (non-hydrogen) atoms. The van der Waals surface area contributed by atoms with Crippen molar-refractivity contribution in [1.29, 1.82) is 0 Å². The Hall–Kier alpha value is -5.41. The second kappa shape index (κ2) is 26.0. The third-order valence-corrected chi connectivity index (χ3v) is 14.0. The lowest BCUT2D eigenvalue weighted by Crippen LogP contribution is -2.45.